The van der Waals surface area contributed by atoms with Gasteiger partial charge in [0.05, 0.1) is 29.6 Å². The molecule has 0 radical (unpaired) electrons. The quantitative estimate of drug-likeness (QED) is 0.368. The fraction of sp³-hybridized carbons (Fsp3) is 0.292. The van der Waals surface area contributed by atoms with Crippen LogP contribution >= 0.6 is 11.3 Å². The molecule has 9 nitrogen and oxygen atoms in total. The average molecular weight is 479 g/mol. The number of benzene rings is 1. The molecule has 4 rings (SSSR count). The fourth-order valence-corrected chi connectivity index (χ4v) is 4.26. The number of carbonyl (C=O) groups excluding carboxylic acids is 1. The maximum Gasteiger partial charge on any atom is 0.335 e. The predicted molar refractivity (Wildman–Crippen MR) is 132 cm³/mol. The number of nitrogens with zero attached hydrogens (tertiary/aromatic N) is 4. The topological polar surface area (TPSA) is 122 Å². The second-order valence-electron chi connectivity index (χ2n) is 9.16. The van der Waals surface area contributed by atoms with Gasteiger partial charge in [-0.3, -0.25) is 4.79 Å². The van der Waals surface area contributed by atoms with Gasteiger partial charge in [-0.05, 0) is 42.2 Å². The molecule has 10 heteroatoms. The molecule has 3 heterocycles. The summed E-state index contributed by atoms with van der Waals surface area (Å²) in [6.45, 7) is 7.97. The lowest BCUT2D eigenvalue weighted by molar-refractivity contribution is 0.0696. The van der Waals surface area contributed by atoms with Crippen LogP contribution in [0.4, 0.5) is 10.8 Å². The first-order valence-corrected chi connectivity index (χ1v) is 11.5. The lowest BCUT2D eigenvalue weighted by Crippen LogP contribution is -2.26. The average Bonchev–Trinajstić information content (AvgIpc) is 3.39. The van der Waals surface area contributed by atoms with E-state index in [9.17, 15) is 14.7 Å². The summed E-state index contributed by atoms with van der Waals surface area (Å²) in [5.41, 5.74) is 3.43. The number of pyridine rings is 1. The summed E-state index contributed by atoms with van der Waals surface area (Å²) in [6.07, 6.45) is 4.96. The van der Waals surface area contributed by atoms with Gasteiger partial charge >= 0.3 is 5.97 Å². The Balaban J connectivity index is 1.49. The van der Waals surface area contributed by atoms with Crippen LogP contribution in [-0.4, -0.2) is 36.5 Å². The number of fused-ring (bicyclic) bond motifs is 1. The Bertz CT molecular complexity index is 1390. The summed E-state index contributed by atoms with van der Waals surface area (Å²) in [5.74, 6) is -1.27. The van der Waals surface area contributed by atoms with Crippen LogP contribution in [0.15, 0.2) is 43.0 Å². The first kappa shape index (κ1) is 23.4. The molecule has 1 amide bonds. The van der Waals surface area contributed by atoms with Gasteiger partial charge in [0.15, 0.2) is 5.13 Å². The van der Waals surface area contributed by atoms with Gasteiger partial charge in [-0.15, -0.1) is 0 Å². The monoisotopic (exact) mass is 478 g/mol. The SMILES string of the molecule is CC(NC(=O)c1cc2c(cn1)ncn2C)c1cnc(Nc2cc(C(=O)O)cc(C(C)(C)C)c2)s1. The van der Waals surface area contributed by atoms with Crippen molar-refractivity contribution in [2.24, 2.45) is 7.05 Å². The second-order valence-corrected chi connectivity index (χ2v) is 10.2. The van der Waals surface area contributed by atoms with Gasteiger partial charge in [-0.2, -0.15) is 0 Å². The standard InChI is InChI=1S/C24H26N6O3S/c1-13(28-21(31)17-9-19-18(10-25-17)27-12-30(19)5)20-11-26-23(34-20)29-16-7-14(22(32)33)6-15(8-16)24(2,3)4/h6-13H,1-5H3,(H,26,29)(H,28,31)(H,32,33). The number of nitrogens with one attached hydrogen (secondary N) is 2. The molecule has 1 unspecified atom stereocenters. The summed E-state index contributed by atoms with van der Waals surface area (Å²) in [7, 11) is 1.86. The molecule has 0 saturated heterocycles. The third-order valence-corrected chi connectivity index (χ3v) is 6.54. The molecule has 34 heavy (non-hydrogen) atoms. The number of thiazole rings is 1. The number of hydrogen-bond donors (Lipinski definition) is 3. The largest absolute Gasteiger partial charge is 0.478 e. The van der Waals surface area contributed by atoms with Crippen molar-refractivity contribution in [3.05, 3.63) is 64.7 Å². The van der Waals surface area contributed by atoms with Gasteiger partial charge in [0.25, 0.3) is 5.91 Å². The Kier molecular flexibility index (Phi) is 6.09. The van der Waals surface area contributed by atoms with Crippen molar-refractivity contribution >= 4 is 45.1 Å². The van der Waals surface area contributed by atoms with Crippen molar-refractivity contribution in [1.29, 1.82) is 0 Å². The van der Waals surface area contributed by atoms with Gasteiger partial charge in [0.2, 0.25) is 0 Å². The number of anilines is 2. The minimum Gasteiger partial charge on any atom is -0.478 e. The van der Waals surface area contributed by atoms with Crippen LogP contribution in [0, 0.1) is 0 Å². The Labute approximate surface area is 200 Å². The van der Waals surface area contributed by atoms with Crippen molar-refractivity contribution < 1.29 is 14.7 Å². The highest BCUT2D eigenvalue weighted by atomic mass is 32.1. The molecule has 0 fully saturated rings. The Hall–Kier alpha value is -3.79. The van der Waals surface area contributed by atoms with E-state index in [-0.39, 0.29) is 22.9 Å². The van der Waals surface area contributed by atoms with Gasteiger partial charge < -0.3 is 20.3 Å². The Morgan fingerprint density at radius 2 is 1.85 bits per heavy atom. The molecule has 3 aromatic heterocycles. The molecule has 0 aliphatic carbocycles. The van der Waals surface area contributed by atoms with Crippen molar-refractivity contribution in [1.82, 2.24) is 24.8 Å². The van der Waals surface area contributed by atoms with Crippen LogP contribution in [0.3, 0.4) is 0 Å². The molecule has 1 atom stereocenters. The number of hydrogen-bond acceptors (Lipinski definition) is 7. The molecule has 3 N–H and O–H groups in total. The molecular weight excluding hydrogens is 452 g/mol. The summed E-state index contributed by atoms with van der Waals surface area (Å²) in [6, 6.07) is 6.63. The van der Waals surface area contributed by atoms with Crippen LogP contribution in [0.5, 0.6) is 0 Å². The summed E-state index contributed by atoms with van der Waals surface area (Å²) in [5, 5.41) is 16.3. The van der Waals surface area contributed by atoms with E-state index < -0.39 is 5.97 Å². The Morgan fingerprint density at radius 1 is 1.09 bits per heavy atom. The van der Waals surface area contributed by atoms with Crippen LogP contribution in [0.25, 0.3) is 11.0 Å². The van der Waals surface area contributed by atoms with Crippen molar-refractivity contribution in [2.45, 2.75) is 39.2 Å². The van der Waals surface area contributed by atoms with E-state index in [1.807, 2.05) is 45.4 Å². The highest BCUT2D eigenvalue weighted by Crippen LogP contribution is 2.31. The number of aromatic nitrogens is 4. The van der Waals surface area contributed by atoms with E-state index in [0.29, 0.717) is 16.5 Å². The summed E-state index contributed by atoms with van der Waals surface area (Å²) >= 11 is 1.39. The van der Waals surface area contributed by atoms with Gasteiger partial charge in [-0.1, -0.05) is 32.1 Å². The lowest BCUT2D eigenvalue weighted by atomic mass is 9.86. The molecule has 4 aromatic rings. The number of carboxylic acids is 1. The van der Waals surface area contributed by atoms with Crippen LogP contribution < -0.4 is 10.6 Å². The molecule has 0 bridgehead atoms. The zero-order chi connectivity index (χ0) is 24.6. The van der Waals surface area contributed by atoms with Crippen LogP contribution in [-0.2, 0) is 12.5 Å². The maximum absolute atomic E-state index is 12.7. The number of imidazole rings is 1. The third-order valence-electron chi connectivity index (χ3n) is 5.44. The molecule has 176 valence electrons. The van der Waals surface area contributed by atoms with E-state index in [0.717, 1.165) is 21.5 Å². The summed E-state index contributed by atoms with van der Waals surface area (Å²) in [4.78, 5) is 38.0. The first-order valence-electron chi connectivity index (χ1n) is 10.7. The highest BCUT2D eigenvalue weighted by Gasteiger charge is 2.19. The lowest BCUT2D eigenvalue weighted by Gasteiger charge is -2.20. The maximum atomic E-state index is 12.7. The molecule has 0 spiro atoms. The van der Waals surface area contributed by atoms with Gasteiger partial charge in [0, 0.05) is 23.8 Å². The number of rotatable bonds is 6. The molecule has 0 saturated carbocycles. The third kappa shape index (κ3) is 4.91. The van der Waals surface area contributed by atoms with E-state index >= 15 is 0 Å². The number of carbonyl (C=O) groups is 2. The number of aryl methyl sites for hydroxylation is 1. The zero-order valence-corrected chi connectivity index (χ0v) is 20.4. The molecular formula is C24H26N6O3S. The summed E-state index contributed by atoms with van der Waals surface area (Å²) < 4.78 is 1.84. The van der Waals surface area contributed by atoms with E-state index in [1.54, 1.807) is 36.9 Å². The van der Waals surface area contributed by atoms with Crippen molar-refractivity contribution in [3.63, 3.8) is 0 Å². The number of aromatic carboxylic acids is 1. The first-order chi connectivity index (χ1) is 16.0. The Morgan fingerprint density at radius 3 is 2.56 bits per heavy atom. The van der Waals surface area contributed by atoms with Crippen LogP contribution in [0.2, 0.25) is 0 Å². The van der Waals surface area contributed by atoms with E-state index in [2.05, 4.69) is 25.6 Å². The van der Waals surface area contributed by atoms with Crippen LogP contribution in [0.1, 0.15) is 65.0 Å². The van der Waals surface area contributed by atoms with Gasteiger partial charge in [-0.25, -0.2) is 19.7 Å². The van der Waals surface area contributed by atoms with Crippen molar-refractivity contribution in [2.75, 3.05) is 5.32 Å². The van der Waals surface area contributed by atoms with E-state index in [4.69, 9.17) is 0 Å². The van der Waals surface area contributed by atoms with Gasteiger partial charge in [0.1, 0.15) is 11.2 Å². The number of carboxylic acid groups (broad SMARTS) is 1. The minimum atomic E-state index is -0.983. The molecule has 1 aromatic carbocycles. The van der Waals surface area contributed by atoms with Crippen molar-refractivity contribution in [3.8, 4) is 0 Å². The normalized spacial score (nSPS) is 12.5. The second kappa shape index (κ2) is 8.86. The minimum absolute atomic E-state index is 0.207. The number of amides is 1. The fourth-order valence-electron chi connectivity index (χ4n) is 3.42. The predicted octanol–water partition coefficient (Wildman–Crippen LogP) is 4.66. The molecule has 0 aliphatic rings. The molecule has 0 aliphatic heterocycles. The highest BCUT2D eigenvalue weighted by molar-refractivity contribution is 7.15. The zero-order valence-electron chi connectivity index (χ0n) is 19.6. The van der Waals surface area contributed by atoms with E-state index in [1.165, 1.54) is 11.3 Å². The smallest absolute Gasteiger partial charge is 0.335 e.